The maximum absolute atomic E-state index is 12.4. The van der Waals surface area contributed by atoms with Crippen molar-refractivity contribution in [2.24, 2.45) is 0 Å². The molecule has 0 aliphatic carbocycles. The predicted molar refractivity (Wildman–Crippen MR) is 75.6 cm³/mol. The van der Waals surface area contributed by atoms with Gasteiger partial charge in [0.2, 0.25) is 0 Å². The molecule has 0 unspecified atom stereocenters. The molecule has 0 saturated heterocycles. The van der Waals surface area contributed by atoms with Crippen LogP contribution in [0.25, 0.3) is 4.96 Å². The van der Waals surface area contributed by atoms with E-state index in [1.807, 2.05) is 22.9 Å². The van der Waals surface area contributed by atoms with Gasteiger partial charge in [0.1, 0.15) is 12.0 Å². The van der Waals surface area contributed by atoms with Gasteiger partial charge in [0.05, 0.1) is 11.7 Å². The van der Waals surface area contributed by atoms with Crippen LogP contribution in [0.4, 0.5) is 0 Å². The highest BCUT2D eigenvalue weighted by molar-refractivity contribution is 7.15. The van der Waals surface area contributed by atoms with Crippen molar-refractivity contribution in [2.45, 2.75) is 13.0 Å². The molecule has 1 atom stereocenters. The number of carbonyl (C=O) groups excluding carboxylic acids is 1. The van der Waals surface area contributed by atoms with Gasteiger partial charge >= 0.3 is 0 Å². The molecular weight excluding hydrogens is 274 g/mol. The van der Waals surface area contributed by atoms with Crippen molar-refractivity contribution in [1.82, 2.24) is 24.3 Å². The standard InChI is InChI=1S/C13H13N5OS/c1-9(10-3-4-14-8-15-10)17(2)12(19)11-7-18-5-6-20-13(18)16-11/h3-9H,1-2H3/t9-/m0/s1. The number of carbonyl (C=O) groups is 1. The molecule has 20 heavy (non-hydrogen) atoms. The molecule has 0 spiro atoms. The summed E-state index contributed by atoms with van der Waals surface area (Å²) in [5.74, 6) is -0.119. The topological polar surface area (TPSA) is 63.4 Å². The molecule has 0 aromatic carbocycles. The van der Waals surface area contributed by atoms with Gasteiger partial charge in [0.15, 0.2) is 4.96 Å². The molecule has 3 rings (SSSR count). The van der Waals surface area contributed by atoms with Gasteiger partial charge in [-0.2, -0.15) is 0 Å². The van der Waals surface area contributed by atoms with Gasteiger partial charge in [0.25, 0.3) is 5.91 Å². The normalized spacial score (nSPS) is 12.5. The lowest BCUT2D eigenvalue weighted by atomic mass is 10.2. The first-order valence-electron chi connectivity index (χ1n) is 6.12. The summed E-state index contributed by atoms with van der Waals surface area (Å²) >= 11 is 1.50. The molecule has 0 N–H and O–H groups in total. The Labute approximate surface area is 119 Å². The van der Waals surface area contributed by atoms with Crippen LogP contribution < -0.4 is 0 Å². The molecule has 102 valence electrons. The molecule has 7 heteroatoms. The van der Waals surface area contributed by atoms with Crippen molar-refractivity contribution >= 4 is 22.2 Å². The van der Waals surface area contributed by atoms with E-state index in [4.69, 9.17) is 0 Å². The SMILES string of the molecule is C[C@@H](c1ccncn1)N(C)C(=O)c1cn2ccsc2n1. The van der Waals surface area contributed by atoms with E-state index in [1.54, 1.807) is 30.4 Å². The monoisotopic (exact) mass is 287 g/mol. The Morgan fingerprint density at radius 1 is 1.50 bits per heavy atom. The predicted octanol–water partition coefficient (Wildman–Crippen LogP) is 2.02. The van der Waals surface area contributed by atoms with Crippen LogP contribution in [0.3, 0.4) is 0 Å². The molecule has 0 fully saturated rings. The van der Waals surface area contributed by atoms with Crippen LogP contribution in [0.1, 0.15) is 29.1 Å². The van der Waals surface area contributed by atoms with Crippen LogP contribution in [-0.4, -0.2) is 37.2 Å². The maximum atomic E-state index is 12.4. The Bertz CT molecular complexity index is 707. The maximum Gasteiger partial charge on any atom is 0.274 e. The van der Waals surface area contributed by atoms with Gasteiger partial charge in [0, 0.05) is 31.0 Å². The molecule has 3 heterocycles. The summed E-state index contributed by atoms with van der Waals surface area (Å²) in [5, 5.41) is 1.93. The fourth-order valence-corrected chi connectivity index (χ4v) is 2.63. The van der Waals surface area contributed by atoms with Crippen molar-refractivity contribution in [1.29, 1.82) is 0 Å². The molecule has 0 aliphatic heterocycles. The minimum Gasteiger partial charge on any atom is -0.332 e. The smallest absolute Gasteiger partial charge is 0.274 e. The summed E-state index contributed by atoms with van der Waals surface area (Å²) in [6, 6.07) is 1.67. The van der Waals surface area contributed by atoms with Crippen LogP contribution in [-0.2, 0) is 0 Å². The quantitative estimate of drug-likeness (QED) is 0.739. The Morgan fingerprint density at radius 3 is 3.05 bits per heavy atom. The van der Waals surface area contributed by atoms with Gasteiger partial charge < -0.3 is 4.90 Å². The van der Waals surface area contributed by atoms with Gasteiger partial charge in [-0.25, -0.2) is 15.0 Å². The summed E-state index contributed by atoms with van der Waals surface area (Å²) in [6.45, 7) is 1.93. The number of nitrogens with zero attached hydrogens (tertiary/aromatic N) is 5. The third kappa shape index (κ3) is 2.16. The third-order valence-corrected chi connectivity index (χ3v) is 4.02. The van der Waals surface area contributed by atoms with Crippen LogP contribution in [0.5, 0.6) is 0 Å². The highest BCUT2D eigenvalue weighted by atomic mass is 32.1. The van der Waals surface area contributed by atoms with E-state index < -0.39 is 0 Å². The fraction of sp³-hybridized carbons (Fsp3) is 0.231. The highest BCUT2D eigenvalue weighted by Gasteiger charge is 2.22. The molecule has 6 nitrogen and oxygen atoms in total. The molecule has 0 saturated carbocycles. The molecule has 0 aliphatic rings. The van der Waals surface area contributed by atoms with Gasteiger partial charge in [-0.3, -0.25) is 9.20 Å². The van der Waals surface area contributed by atoms with Crippen LogP contribution >= 0.6 is 11.3 Å². The number of hydrogen-bond acceptors (Lipinski definition) is 5. The van der Waals surface area contributed by atoms with Crippen molar-refractivity contribution in [2.75, 3.05) is 7.05 Å². The number of rotatable bonds is 3. The number of amides is 1. The van der Waals surface area contributed by atoms with E-state index in [9.17, 15) is 4.79 Å². The number of imidazole rings is 1. The summed E-state index contributed by atoms with van der Waals surface area (Å²) < 4.78 is 1.85. The molecule has 3 aromatic rings. The molecular formula is C13H13N5OS. The second-order valence-corrected chi connectivity index (χ2v) is 5.32. The number of thiazole rings is 1. The Morgan fingerprint density at radius 2 is 2.35 bits per heavy atom. The van der Waals surface area contributed by atoms with E-state index >= 15 is 0 Å². The van der Waals surface area contributed by atoms with E-state index in [2.05, 4.69) is 15.0 Å². The van der Waals surface area contributed by atoms with E-state index in [1.165, 1.54) is 17.7 Å². The van der Waals surface area contributed by atoms with Gasteiger partial charge in [-0.05, 0) is 13.0 Å². The first kappa shape index (κ1) is 12.7. The summed E-state index contributed by atoms with van der Waals surface area (Å²) in [4.78, 5) is 27.3. The largest absolute Gasteiger partial charge is 0.332 e. The average molecular weight is 287 g/mol. The van der Waals surface area contributed by atoms with Crippen molar-refractivity contribution in [3.63, 3.8) is 0 Å². The molecule has 1 amide bonds. The second-order valence-electron chi connectivity index (χ2n) is 4.45. The summed E-state index contributed by atoms with van der Waals surface area (Å²) in [5.41, 5.74) is 1.25. The molecule has 0 bridgehead atoms. The summed E-state index contributed by atoms with van der Waals surface area (Å²) in [6.07, 6.45) is 6.79. The average Bonchev–Trinajstić information content (AvgIpc) is 3.07. The van der Waals surface area contributed by atoms with Gasteiger partial charge in [-0.15, -0.1) is 11.3 Å². The van der Waals surface area contributed by atoms with E-state index in [0.29, 0.717) is 5.69 Å². The zero-order valence-electron chi connectivity index (χ0n) is 11.1. The molecule has 3 aromatic heterocycles. The molecule has 0 radical (unpaired) electrons. The number of fused-ring (bicyclic) bond motifs is 1. The minimum absolute atomic E-state index is 0.119. The number of hydrogen-bond donors (Lipinski definition) is 0. The third-order valence-electron chi connectivity index (χ3n) is 3.25. The zero-order valence-corrected chi connectivity index (χ0v) is 11.9. The Balaban J connectivity index is 1.84. The minimum atomic E-state index is -0.134. The second kappa shape index (κ2) is 5.01. The van der Waals surface area contributed by atoms with Crippen LogP contribution in [0.2, 0.25) is 0 Å². The highest BCUT2D eigenvalue weighted by Crippen LogP contribution is 2.19. The fourth-order valence-electron chi connectivity index (χ4n) is 1.93. The van der Waals surface area contributed by atoms with Crippen LogP contribution in [0, 0.1) is 0 Å². The zero-order chi connectivity index (χ0) is 14.1. The van der Waals surface area contributed by atoms with Crippen molar-refractivity contribution in [3.8, 4) is 0 Å². The Kier molecular flexibility index (Phi) is 3.19. The van der Waals surface area contributed by atoms with Gasteiger partial charge in [-0.1, -0.05) is 0 Å². The first-order valence-corrected chi connectivity index (χ1v) is 7.00. The first-order chi connectivity index (χ1) is 9.66. The van der Waals surface area contributed by atoms with E-state index in [0.717, 1.165) is 10.7 Å². The van der Waals surface area contributed by atoms with Crippen molar-refractivity contribution in [3.05, 3.63) is 47.8 Å². The summed E-state index contributed by atoms with van der Waals surface area (Å²) in [7, 11) is 1.75. The lowest BCUT2D eigenvalue weighted by Crippen LogP contribution is -2.30. The number of aromatic nitrogens is 4. The Hall–Kier alpha value is -2.28. The van der Waals surface area contributed by atoms with Crippen LogP contribution in [0.15, 0.2) is 36.4 Å². The van der Waals surface area contributed by atoms with Crippen molar-refractivity contribution < 1.29 is 4.79 Å². The lowest BCUT2D eigenvalue weighted by molar-refractivity contribution is 0.0734. The lowest BCUT2D eigenvalue weighted by Gasteiger charge is -2.23. The van der Waals surface area contributed by atoms with E-state index in [-0.39, 0.29) is 11.9 Å².